The van der Waals surface area contributed by atoms with Gasteiger partial charge in [0.05, 0.1) is 12.0 Å². The maximum Gasteiger partial charge on any atom is 0.231 e. The molecule has 5 rings (SSSR count). The second-order valence-electron chi connectivity index (χ2n) is 8.95. The van der Waals surface area contributed by atoms with Crippen LogP contribution in [0, 0.1) is 5.82 Å². The highest BCUT2D eigenvalue weighted by molar-refractivity contribution is 5.88. The van der Waals surface area contributed by atoms with Crippen LogP contribution in [0.5, 0.6) is 0 Å². The minimum absolute atomic E-state index is 0.0872. The first-order chi connectivity index (χ1) is 17.1. The van der Waals surface area contributed by atoms with Crippen LogP contribution < -0.4 is 5.32 Å². The van der Waals surface area contributed by atoms with Crippen molar-refractivity contribution in [1.29, 1.82) is 0 Å². The first kappa shape index (κ1) is 23.0. The van der Waals surface area contributed by atoms with Crippen LogP contribution in [0.25, 0.3) is 11.1 Å². The van der Waals surface area contributed by atoms with Gasteiger partial charge in [0.1, 0.15) is 5.82 Å². The number of carbonyl (C=O) groups excluding carboxylic acids is 1. The molecule has 1 aliphatic heterocycles. The van der Waals surface area contributed by atoms with Crippen LogP contribution >= 0.6 is 0 Å². The largest absolute Gasteiger partial charge is 0.381 e. The number of ether oxygens (including phenoxy) is 1. The van der Waals surface area contributed by atoms with Gasteiger partial charge in [-0.05, 0) is 58.9 Å². The Morgan fingerprint density at radius 1 is 1.00 bits per heavy atom. The van der Waals surface area contributed by atoms with Gasteiger partial charge in [-0.2, -0.15) is 5.10 Å². The van der Waals surface area contributed by atoms with E-state index in [0.29, 0.717) is 38.2 Å². The number of rotatable bonds is 7. The maximum absolute atomic E-state index is 14.0. The van der Waals surface area contributed by atoms with Gasteiger partial charge in [0.2, 0.25) is 5.91 Å². The van der Waals surface area contributed by atoms with Crippen molar-refractivity contribution in [3.63, 3.8) is 0 Å². The predicted octanol–water partition coefficient (Wildman–Crippen LogP) is 5.10. The van der Waals surface area contributed by atoms with Gasteiger partial charge in [0, 0.05) is 32.2 Å². The molecule has 0 aliphatic carbocycles. The molecule has 3 aromatic carbocycles. The molecule has 0 saturated carbocycles. The van der Waals surface area contributed by atoms with Crippen LogP contribution in [-0.4, -0.2) is 28.9 Å². The topological polar surface area (TPSA) is 56.2 Å². The summed E-state index contributed by atoms with van der Waals surface area (Å²) in [6.07, 6.45) is 4.78. The molecule has 1 saturated heterocycles. The molecule has 4 aromatic rings. The highest BCUT2D eigenvalue weighted by Gasteiger charge is 2.41. The molecule has 1 fully saturated rings. The lowest BCUT2D eigenvalue weighted by Gasteiger charge is -2.36. The Bertz CT molecular complexity index is 1280. The van der Waals surface area contributed by atoms with E-state index in [1.807, 2.05) is 41.2 Å². The van der Waals surface area contributed by atoms with Crippen molar-refractivity contribution < 1.29 is 13.9 Å². The minimum Gasteiger partial charge on any atom is -0.381 e. The van der Waals surface area contributed by atoms with E-state index < -0.39 is 5.41 Å². The third-order valence-electron chi connectivity index (χ3n) is 6.78. The fourth-order valence-corrected chi connectivity index (χ4v) is 4.82. The van der Waals surface area contributed by atoms with Crippen molar-refractivity contribution in [2.24, 2.45) is 0 Å². The van der Waals surface area contributed by atoms with E-state index in [0.717, 1.165) is 23.2 Å². The second-order valence-corrected chi connectivity index (χ2v) is 8.95. The van der Waals surface area contributed by atoms with Crippen molar-refractivity contribution in [2.75, 3.05) is 13.2 Å². The molecule has 35 heavy (non-hydrogen) atoms. The number of benzene rings is 3. The van der Waals surface area contributed by atoms with E-state index in [9.17, 15) is 9.18 Å². The summed E-state index contributed by atoms with van der Waals surface area (Å²) >= 11 is 0. The van der Waals surface area contributed by atoms with Gasteiger partial charge in [-0.25, -0.2) is 4.39 Å². The zero-order chi connectivity index (χ0) is 24.1. The highest BCUT2D eigenvalue weighted by atomic mass is 19.1. The van der Waals surface area contributed by atoms with Gasteiger partial charge in [-0.15, -0.1) is 0 Å². The monoisotopic (exact) mass is 469 g/mol. The van der Waals surface area contributed by atoms with E-state index in [-0.39, 0.29) is 11.7 Å². The molecular formula is C29H28FN3O2. The number of amides is 1. The molecule has 5 nitrogen and oxygen atoms in total. The summed E-state index contributed by atoms with van der Waals surface area (Å²) in [6, 6.07) is 24.8. The standard InChI is InChI=1S/C29H28FN3O2/c30-26-7-3-6-25(19-26)29(13-17-35-18-14-29)28(34)31-20-24-5-1-2-8-27(24)23-11-9-22(10-12-23)21-33-16-4-15-32-33/h1-12,15-16,19H,13-14,17-18,20-21H2,(H,31,34). The smallest absolute Gasteiger partial charge is 0.231 e. The Balaban J connectivity index is 1.34. The van der Waals surface area contributed by atoms with Crippen molar-refractivity contribution >= 4 is 5.91 Å². The summed E-state index contributed by atoms with van der Waals surface area (Å²) in [7, 11) is 0. The fourth-order valence-electron chi connectivity index (χ4n) is 4.82. The quantitative estimate of drug-likeness (QED) is 0.410. The van der Waals surface area contributed by atoms with E-state index in [4.69, 9.17) is 4.74 Å². The average Bonchev–Trinajstić information content (AvgIpc) is 3.41. The Morgan fingerprint density at radius 3 is 2.54 bits per heavy atom. The first-order valence-corrected chi connectivity index (χ1v) is 11.9. The van der Waals surface area contributed by atoms with Gasteiger partial charge < -0.3 is 10.1 Å². The molecule has 2 heterocycles. The summed E-state index contributed by atoms with van der Waals surface area (Å²) in [5.74, 6) is -0.418. The van der Waals surface area contributed by atoms with E-state index in [1.165, 1.54) is 17.7 Å². The lowest BCUT2D eigenvalue weighted by Crippen LogP contribution is -2.47. The molecule has 0 bridgehead atoms. The molecule has 178 valence electrons. The molecule has 0 atom stereocenters. The number of nitrogens with zero attached hydrogens (tertiary/aromatic N) is 2. The summed E-state index contributed by atoms with van der Waals surface area (Å²) in [6.45, 7) is 2.07. The lowest BCUT2D eigenvalue weighted by atomic mass is 9.73. The van der Waals surface area contributed by atoms with E-state index in [2.05, 4.69) is 40.7 Å². The number of nitrogens with one attached hydrogen (secondary N) is 1. The van der Waals surface area contributed by atoms with Crippen molar-refractivity contribution in [2.45, 2.75) is 31.3 Å². The molecule has 0 unspecified atom stereocenters. The van der Waals surface area contributed by atoms with Crippen LogP contribution in [0.1, 0.15) is 29.5 Å². The minimum atomic E-state index is -0.788. The summed E-state index contributed by atoms with van der Waals surface area (Å²) < 4.78 is 21.4. The second kappa shape index (κ2) is 10.2. The van der Waals surface area contributed by atoms with Crippen LogP contribution in [0.2, 0.25) is 0 Å². The van der Waals surface area contributed by atoms with Gasteiger partial charge in [0.15, 0.2) is 0 Å². The number of aromatic nitrogens is 2. The SMILES string of the molecule is O=C(NCc1ccccc1-c1ccc(Cn2cccn2)cc1)C1(c2cccc(F)c2)CCOCC1. The molecule has 1 aromatic heterocycles. The molecule has 6 heteroatoms. The maximum atomic E-state index is 14.0. The van der Waals surface area contributed by atoms with Crippen molar-refractivity contribution in [3.8, 4) is 11.1 Å². The van der Waals surface area contributed by atoms with E-state index >= 15 is 0 Å². The molecule has 1 N–H and O–H groups in total. The van der Waals surface area contributed by atoms with Crippen molar-refractivity contribution in [1.82, 2.24) is 15.1 Å². The van der Waals surface area contributed by atoms with Gasteiger partial charge >= 0.3 is 0 Å². The van der Waals surface area contributed by atoms with Crippen LogP contribution in [-0.2, 0) is 28.0 Å². The van der Waals surface area contributed by atoms with Gasteiger partial charge in [-0.1, -0.05) is 60.7 Å². The summed E-state index contributed by atoms with van der Waals surface area (Å²) in [5.41, 5.74) is 4.28. The fraction of sp³-hybridized carbons (Fsp3) is 0.241. The molecule has 0 spiro atoms. The third kappa shape index (κ3) is 5.03. The normalized spacial score (nSPS) is 15.0. The number of hydrogen-bond donors (Lipinski definition) is 1. The Morgan fingerprint density at radius 2 is 1.80 bits per heavy atom. The zero-order valence-electron chi connectivity index (χ0n) is 19.5. The average molecular weight is 470 g/mol. The predicted molar refractivity (Wildman–Crippen MR) is 133 cm³/mol. The molecule has 0 radical (unpaired) electrons. The molecule has 1 amide bonds. The number of halogens is 1. The Labute approximate surface area is 204 Å². The molecule has 1 aliphatic rings. The summed E-state index contributed by atoms with van der Waals surface area (Å²) in [5, 5.41) is 7.42. The first-order valence-electron chi connectivity index (χ1n) is 11.9. The number of hydrogen-bond acceptors (Lipinski definition) is 3. The highest BCUT2D eigenvalue weighted by Crippen LogP contribution is 2.36. The van der Waals surface area contributed by atoms with Crippen LogP contribution in [0.3, 0.4) is 0 Å². The van der Waals surface area contributed by atoms with Crippen molar-refractivity contribution in [3.05, 3.63) is 114 Å². The Kier molecular flexibility index (Phi) is 6.73. The Hall–Kier alpha value is -3.77. The number of carbonyl (C=O) groups is 1. The third-order valence-corrected chi connectivity index (χ3v) is 6.78. The lowest BCUT2D eigenvalue weighted by molar-refractivity contribution is -0.130. The van der Waals surface area contributed by atoms with Gasteiger partial charge in [-0.3, -0.25) is 9.48 Å². The summed E-state index contributed by atoms with van der Waals surface area (Å²) in [4.78, 5) is 13.6. The van der Waals surface area contributed by atoms with E-state index in [1.54, 1.807) is 12.3 Å². The zero-order valence-corrected chi connectivity index (χ0v) is 19.5. The van der Waals surface area contributed by atoms with Gasteiger partial charge in [0.25, 0.3) is 0 Å². The molecular weight excluding hydrogens is 441 g/mol. The van der Waals surface area contributed by atoms with Crippen LogP contribution in [0.15, 0.2) is 91.3 Å². The van der Waals surface area contributed by atoms with Crippen LogP contribution in [0.4, 0.5) is 4.39 Å².